The van der Waals surface area contributed by atoms with E-state index in [2.05, 4.69) is 14.6 Å². The summed E-state index contributed by atoms with van der Waals surface area (Å²) < 4.78 is 41.9. The van der Waals surface area contributed by atoms with Crippen LogP contribution in [0.1, 0.15) is 31.9 Å². The summed E-state index contributed by atoms with van der Waals surface area (Å²) >= 11 is 0. The summed E-state index contributed by atoms with van der Waals surface area (Å²) in [4.78, 5) is 0. The maximum Gasteiger partial charge on any atom is 0.277 e. The molecule has 0 spiro atoms. The van der Waals surface area contributed by atoms with Gasteiger partial charge in [0.25, 0.3) is 10.2 Å². The number of benzene rings is 1. The van der Waals surface area contributed by atoms with Crippen molar-refractivity contribution in [3.05, 3.63) is 35.1 Å². The van der Waals surface area contributed by atoms with Crippen LogP contribution in [0.2, 0.25) is 0 Å². The van der Waals surface area contributed by atoms with E-state index in [9.17, 15) is 12.8 Å². The minimum atomic E-state index is -3.74. The van der Waals surface area contributed by atoms with Crippen molar-refractivity contribution in [1.29, 1.82) is 0 Å². The van der Waals surface area contributed by atoms with Gasteiger partial charge in [0.05, 0.1) is 0 Å². The largest absolute Gasteiger partial charge is 0.409 e. The molecule has 21 heavy (non-hydrogen) atoms. The first-order chi connectivity index (χ1) is 9.54. The van der Waals surface area contributed by atoms with Crippen LogP contribution >= 0.6 is 0 Å². The van der Waals surface area contributed by atoms with Crippen LogP contribution in [0.3, 0.4) is 0 Å². The molecule has 0 saturated carbocycles. The summed E-state index contributed by atoms with van der Waals surface area (Å²) in [6.45, 7) is 4.86. The summed E-state index contributed by atoms with van der Waals surface area (Å²) in [6.07, 6.45) is 0. The summed E-state index contributed by atoms with van der Waals surface area (Å²) in [6, 6.07) is 3.86. The van der Waals surface area contributed by atoms with Crippen molar-refractivity contribution >= 4 is 16.0 Å². The lowest BCUT2D eigenvalue weighted by Gasteiger charge is -2.20. The Labute approximate surface area is 123 Å². The Hall–Kier alpha value is -1.71. The molecule has 0 aliphatic heterocycles. The maximum absolute atomic E-state index is 13.8. The van der Waals surface area contributed by atoms with Gasteiger partial charge in [-0.05, 0) is 26.8 Å². The average molecular weight is 318 g/mol. The lowest BCUT2D eigenvalue weighted by atomic mass is 10.1. The van der Waals surface area contributed by atoms with Crippen LogP contribution < -0.4 is 15.2 Å². The number of rotatable bonds is 5. The highest BCUT2D eigenvalue weighted by Crippen LogP contribution is 2.11. The first-order valence-electron chi connectivity index (χ1n) is 6.09. The second-order valence-corrected chi connectivity index (χ2v) is 6.97. The van der Waals surface area contributed by atoms with E-state index in [0.29, 0.717) is 0 Å². The summed E-state index contributed by atoms with van der Waals surface area (Å²) in [7, 11) is -3.74. The molecular weight excluding hydrogens is 299 g/mol. The number of hydrogen-bond donors (Lipinski definition) is 4. The Morgan fingerprint density at radius 2 is 2.05 bits per heavy atom. The van der Waals surface area contributed by atoms with Gasteiger partial charge in [-0.25, -0.2) is 4.39 Å². The van der Waals surface area contributed by atoms with Crippen molar-refractivity contribution in [2.24, 2.45) is 10.9 Å². The van der Waals surface area contributed by atoms with Crippen LogP contribution in [-0.4, -0.2) is 25.0 Å². The van der Waals surface area contributed by atoms with E-state index in [1.807, 2.05) is 0 Å². The van der Waals surface area contributed by atoms with Crippen LogP contribution in [-0.2, 0) is 16.8 Å². The number of halogens is 1. The Kier molecular flexibility index (Phi) is 5.26. The van der Waals surface area contributed by atoms with E-state index in [0.717, 1.165) is 6.07 Å². The Bertz CT molecular complexity index is 638. The lowest BCUT2D eigenvalue weighted by molar-refractivity contribution is 0.318. The molecule has 0 atom stereocenters. The van der Waals surface area contributed by atoms with Gasteiger partial charge in [-0.3, -0.25) is 0 Å². The zero-order valence-electron chi connectivity index (χ0n) is 12.0. The fourth-order valence-corrected chi connectivity index (χ4v) is 2.74. The number of nitrogens with two attached hydrogens (primary N) is 1. The van der Waals surface area contributed by atoms with Gasteiger partial charge in [0.1, 0.15) is 5.82 Å². The maximum atomic E-state index is 13.8. The molecule has 0 aliphatic carbocycles. The van der Waals surface area contributed by atoms with Crippen LogP contribution in [0.25, 0.3) is 0 Å². The van der Waals surface area contributed by atoms with Crippen molar-refractivity contribution in [3.63, 3.8) is 0 Å². The van der Waals surface area contributed by atoms with Crippen molar-refractivity contribution in [2.45, 2.75) is 32.9 Å². The monoisotopic (exact) mass is 318 g/mol. The van der Waals surface area contributed by atoms with Crippen LogP contribution in [0, 0.1) is 5.82 Å². The van der Waals surface area contributed by atoms with Gasteiger partial charge in [-0.2, -0.15) is 17.9 Å². The van der Waals surface area contributed by atoms with Crippen molar-refractivity contribution < 1.29 is 18.0 Å². The second kappa shape index (κ2) is 6.37. The molecule has 0 radical (unpaired) electrons. The molecule has 1 aromatic carbocycles. The van der Waals surface area contributed by atoms with E-state index in [1.54, 1.807) is 20.8 Å². The van der Waals surface area contributed by atoms with Gasteiger partial charge in [0.15, 0.2) is 5.84 Å². The number of hydrogen-bond acceptors (Lipinski definition) is 4. The number of amidine groups is 1. The van der Waals surface area contributed by atoms with Gasteiger partial charge in [0, 0.05) is 23.2 Å². The minimum absolute atomic E-state index is 0.142. The van der Waals surface area contributed by atoms with Crippen LogP contribution in [0.5, 0.6) is 0 Å². The summed E-state index contributed by atoms with van der Waals surface area (Å²) in [5.41, 5.74) is 5.04. The van der Waals surface area contributed by atoms with Crippen molar-refractivity contribution in [3.8, 4) is 0 Å². The molecule has 7 nitrogen and oxygen atoms in total. The standard InChI is InChI=1S/C12H19FN4O3S/c1-12(2,3)17-21(19,20)15-7-9-5-4-8(6-10(9)13)11(14)16-18/h4-6,15,17-18H,7H2,1-3H3,(H2,14,16). The van der Waals surface area contributed by atoms with Crippen LogP contribution in [0.4, 0.5) is 4.39 Å². The number of oxime groups is 1. The molecule has 0 amide bonds. The SMILES string of the molecule is CC(C)(C)NS(=O)(=O)NCc1ccc(/C(N)=N/O)cc1F. The molecule has 1 aromatic rings. The zero-order valence-corrected chi connectivity index (χ0v) is 12.8. The van der Waals surface area contributed by atoms with Crippen molar-refractivity contribution in [1.82, 2.24) is 9.44 Å². The molecule has 0 fully saturated rings. The van der Waals surface area contributed by atoms with Crippen LogP contribution in [0.15, 0.2) is 23.4 Å². The molecule has 1 rings (SSSR count). The van der Waals surface area contributed by atoms with Gasteiger partial charge in [0.2, 0.25) is 0 Å². The first kappa shape index (κ1) is 17.3. The van der Waals surface area contributed by atoms with Crippen molar-refractivity contribution in [2.75, 3.05) is 0 Å². The lowest BCUT2D eigenvalue weighted by Crippen LogP contribution is -2.46. The third-order valence-electron chi connectivity index (χ3n) is 2.35. The Morgan fingerprint density at radius 1 is 1.43 bits per heavy atom. The molecule has 0 heterocycles. The molecule has 5 N–H and O–H groups in total. The van der Waals surface area contributed by atoms with E-state index < -0.39 is 21.6 Å². The molecule has 0 aliphatic rings. The topological polar surface area (TPSA) is 117 Å². The summed E-state index contributed by atoms with van der Waals surface area (Å²) in [5, 5.41) is 11.3. The zero-order chi connectivity index (χ0) is 16.3. The molecule has 118 valence electrons. The highest BCUT2D eigenvalue weighted by molar-refractivity contribution is 7.87. The third kappa shape index (κ3) is 5.66. The number of nitrogens with zero attached hydrogens (tertiary/aromatic N) is 1. The highest BCUT2D eigenvalue weighted by atomic mass is 32.2. The number of nitrogens with one attached hydrogen (secondary N) is 2. The molecule has 0 unspecified atom stereocenters. The first-order valence-corrected chi connectivity index (χ1v) is 7.57. The normalized spacial score (nSPS) is 13.4. The quantitative estimate of drug-likeness (QED) is 0.276. The van der Waals surface area contributed by atoms with E-state index >= 15 is 0 Å². The predicted molar refractivity (Wildman–Crippen MR) is 77.6 cm³/mol. The third-order valence-corrected chi connectivity index (χ3v) is 3.76. The minimum Gasteiger partial charge on any atom is -0.409 e. The predicted octanol–water partition coefficient (Wildman–Crippen LogP) is 0.643. The Balaban J connectivity index is 2.82. The fourth-order valence-electron chi connectivity index (χ4n) is 1.52. The smallest absolute Gasteiger partial charge is 0.277 e. The molecule has 0 aromatic heterocycles. The molecule has 0 saturated heterocycles. The molecule has 0 bridgehead atoms. The second-order valence-electron chi connectivity index (χ2n) is 5.47. The van der Waals surface area contributed by atoms with Gasteiger partial charge >= 0.3 is 0 Å². The van der Waals surface area contributed by atoms with Gasteiger partial charge in [-0.15, -0.1) is 0 Å². The van der Waals surface area contributed by atoms with E-state index in [4.69, 9.17) is 10.9 Å². The van der Waals surface area contributed by atoms with Gasteiger partial charge in [-0.1, -0.05) is 17.3 Å². The Morgan fingerprint density at radius 3 is 2.52 bits per heavy atom. The highest BCUT2D eigenvalue weighted by Gasteiger charge is 2.19. The average Bonchev–Trinajstić information content (AvgIpc) is 2.33. The van der Waals surface area contributed by atoms with Gasteiger partial charge < -0.3 is 10.9 Å². The fraction of sp³-hybridized carbons (Fsp3) is 0.417. The van der Waals surface area contributed by atoms with E-state index in [-0.39, 0.29) is 23.5 Å². The van der Waals surface area contributed by atoms with E-state index in [1.165, 1.54) is 12.1 Å². The molecule has 9 heteroatoms. The molecular formula is C12H19FN4O3S. The summed E-state index contributed by atoms with van der Waals surface area (Å²) in [5.74, 6) is -0.881.